The smallest absolute Gasteiger partial charge is 0.238 e. The predicted octanol–water partition coefficient (Wildman–Crippen LogP) is 4.23. The number of anilines is 1. The molecule has 2 N–H and O–H groups in total. The van der Waals surface area contributed by atoms with Crippen molar-refractivity contribution in [3.05, 3.63) is 64.8 Å². The first-order valence-electron chi connectivity index (χ1n) is 9.47. The number of aromatic nitrogens is 1. The summed E-state index contributed by atoms with van der Waals surface area (Å²) >= 11 is 0. The molecule has 1 atom stereocenters. The van der Waals surface area contributed by atoms with E-state index in [1.54, 1.807) is 11.9 Å². The summed E-state index contributed by atoms with van der Waals surface area (Å²) in [6.07, 6.45) is 0. The average molecular weight is 377 g/mol. The molecule has 0 saturated carbocycles. The summed E-state index contributed by atoms with van der Waals surface area (Å²) in [7, 11) is 1.80. The van der Waals surface area contributed by atoms with Crippen LogP contribution in [0.25, 0.3) is 10.9 Å². The SMILES string of the molecule is Cc1cccc(C)c1NC(=O)CN(C)C(C)C(=O)c1c(C)[nH]c2ccccc12. The molecule has 0 bridgehead atoms. The topological polar surface area (TPSA) is 65.2 Å². The van der Waals surface area contributed by atoms with Crippen molar-refractivity contribution in [3.63, 3.8) is 0 Å². The van der Waals surface area contributed by atoms with Gasteiger partial charge in [0.2, 0.25) is 5.91 Å². The normalized spacial score (nSPS) is 12.4. The first-order valence-corrected chi connectivity index (χ1v) is 9.47. The molecule has 0 fully saturated rings. The van der Waals surface area contributed by atoms with Crippen LogP contribution in [0.5, 0.6) is 0 Å². The Bertz CT molecular complexity index is 1020. The van der Waals surface area contributed by atoms with E-state index in [9.17, 15) is 9.59 Å². The van der Waals surface area contributed by atoms with Gasteiger partial charge >= 0.3 is 0 Å². The van der Waals surface area contributed by atoms with E-state index in [4.69, 9.17) is 0 Å². The average Bonchev–Trinajstić information content (AvgIpc) is 2.99. The second-order valence-corrected chi connectivity index (χ2v) is 7.44. The third kappa shape index (κ3) is 3.85. The molecule has 5 nitrogen and oxygen atoms in total. The minimum absolute atomic E-state index is 0.0114. The molecule has 0 aliphatic carbocycles. The number of nitrogens with zero attached hydrogens (tertiary/aromatic N) is 1. The van der Waals surface area contributed by atoms with E-state index in [0.29, 0.717) is 5.56 Å². The summed E-state index contributed by atoms with van der Waals surface area (Å²) in [4.78, 5) is 30.7. The van der Waals surface area contributed by atoms with E-state index in [1.807, 2.05) is 70.2 Å². The first-order chi connectivity index (χ1) is 13.3. The van der Waals surface area contributed by atoms with Crippen molar-refractivity contribution < 1.29 is 9.59 Å². The number of carbonyl (C=O) groups excluding carboxylic acids is 2. The number of ketones is 1. The van der Waals surface area contributed by atoms with Gasteiger partial charge in [-0.15, -0.1) is 0 Å². The maximum atomic E-state index is 13.1. The molecule has 0 radical (unpaired) electrons. The quantitative estimate of drug-likeness (QED) is 0.632. The highest BCUT2D eigenvalue weighted by Crippen LogP contribution is 2.24. The summed E-state index contributed by atoms with van der Waals surface area (Å²) in [5, 5.41) is 3.90. The molecule has 0 aliphatic rings. The Morgan fingerprint density at radius 1 is 1.04 bits per heavy atom. The number of hydrogen-bond acceptors (Lipinski definition) is 3. The Kier molecular flexibility index (Phi) is 5.66. The molecular weight excluding hydrogens is 350 g/mol. The fraction of sp³-hybridized carbons (Fsp3) is 0.304. The zero-order chi connectivity index (χ0) is 20.4. The number of para-hydroxylation sites is 2. The van der Waals surface area contributed by atoms with Gasteiger partial charge in [-0.25, -0.2) is 0 Å². The number of rotatable bonds is 6. The van der Waals surface area contributed by atoms with Crippen LogP contribution in [-0.4, -0.2) is 41.2 Å². The maximum Gasteiger partial charge on any atom is 0.238 e. The molecule has 0 spiro atoms. The van der Waals surface area contributed by atoms with Gasteiger partial charge in [0.1, 0.15) is 0 Å². The van der Waals surface area contributed by atoms with Crippen molar-refractivity contribution in [2.75, 3.05) is 18.9 Å². The molecule has 0 saturated heterocycles. The Morgan fingerprint density at radius 3 is 2.36 bits per heavy atom. The number of aryl methyl sites for hydroxylation is 3. The number of nitrogens with one attached hydrogen (secondary N) is 2. The monoisotopic (exact) mass is 377 g/mol. The van der Waals surface area contributed by atoms with Gasteiger partial charge in [0.15, 0.2) is 5.78 Å². The Hall–Kier alpha value is -2.92. The summed E-state index contributed by atoms with van der Waals surface area (Å²) in [5.41, 5.74) is 5.39. The number of amides is 1. The van der Waals surface area contributed by atoms with Gasteiger partial charge in [-0.05, 0) is 51.9 Å². The third-order valence-corrected chi connectivity index (χ3v) is 5.32. The second kappa shape index (κ2) is 7.98. The van der Waals surface area contributed by atoms with Gasteiger partial charge in [0, 0.05) is 27.8 Å². The van der Waals surface area contributed by atoms with E-state index in [0.717, 1.165) is 33.4 Å². The van der Waals surface area contributed by atoms with Gasteiger partial charge in [-0.2, -0.15) is 0 Å². The van der Waals surface area contributed by atoms with Crippen molar-refractivity contribution >= 4 is 28.3 Å². The summed E-state index contributed by atoms with van der Waals surface area (Å²) in [5.74, 6) is -0.118. The first kappa shape index (κ1) is 19.8. The van der Waals surface area contributed by atoms with Crippen LogP contribution in [0, 0.1) is 20.8 Å². The Labute approximate surface area is 165 Å². The number of aromatic amines is 1. The minimum atomic E-state index is -0.415. The lowest BCUT2D eigenvalue weighted by atomic mass is 10.0. The standard InChI is InChI=1S/C23H27N3O2/c1-14-9-8-10-15(2)22(14)25-20(27)13-26(5)17(4)23(28)21-16(3)24-19-12-7-6-11-18(19)21/h6-12,17,24H,13H2,1-5H3,(H,25,27). The fourth-order valence-corrected chi connectivity index (χ4v) is 3.56. The molecule has 1 unspecified atom stereocenters. The molecule has 0 aliphatic heterocycles. The second-order valence-electron chi connectivity index (χ2n) is 7.44. The van der Waals surface area contributed by atoms with E-state index in [-0.39, 0.29) is 18.2 Å². The van der Waals surface area contributed by atoms with Crippen molar-refractivity contribution in [2.24, 2.45) is 0 Å². The maximum absolute atomic E-state index is 13.1. The fourth-order valence-electron chi connectivity index (χ4n) is 3.56. The van der Waals surface area contributed by atoms with Crippen molar-refractivity contribution in [3.8, 4) is 0 Å². The predicted molar refractivity (Wildman–Crippen MR) is 114 cm³/mol. The molecule has 5 heteroatoms. The highest BCUT2D eigenvalue weighted by Gasteiger charge is 2.25. The van der Waals surface area contributed by atoms with E-state index in [2.05, 4.69) is 10.3 Å². The molecule has 1 aromatic heterocycles. The molecular formula is C23H27N3O2. The van der Waals surface area contributed by atoms with Crippen LogP contribution < -0.4 is 5.32 Å². The van der Waals surface area contributed by atoms with Crippen LogP contribution in [0.15, 0.2) is 42.5 Å². The lowest BCUT2D eigenvalue weighted by molar-refractivity contribution is -0.117. The summed E-state index contributed by atoms with van der Waals surface area (Å²) < 4.78 is 0. The Morgan fingerprint density at radius 2 is 1.68 bits per heavy atom. The number of carbonyl (C=O) groups is 2. The van der Waals surface area contributed by atoms with Gasteiger partial charge in [-0.1, -0.05) is 36.4 Å². The lowest BCUT2D eigenvalue weighted by Crippen LogP contribution is -2.41. The highest BCUT2D eigenvalue weighted by atomic mass is 16.2. The molecule has 2 aromatic carbocycles. The van der Waals surface area contributed by atoms with Gasteiger partial charge < -0.3 is 10.3 Å². The third-order valence-electron chi connectivity index (χ3n) is 5.32. The van der Waals surface area contributed by atoms with Crippen LogP contribution in [0.3, 0.4) is 0 Å². The zero-order valence-corrected chi connectivity index (χ0v) is 17.1. The van der Waals surface area contributed by atoms with Crippen molar-refractivity contribution in [1.82, 2.24) is 9.88 Å². The van der Waals surface area contributed by atoms with Gasteiger partial charge in [0.25, 0.3) is 0 Å². The summed E-state index contributed by atoms with van der Waals surface area (Å²) in [6, 6.07) is 13.3. The van der Waals surface area contributed by atoms with E-state index < -0.39 is 6.04 Å². The van der Waals surface area contributed by atoms with Crippen LogP contribution in [0.2, 0.25) is 0 Å². The van der Waals surface area contributed by atoms with Crippen LogP contribution in [-0.2, 0) is 4.79 Å². The van der Waals surface area contributed by atoms with Crippen LogP contribution in [0.4, 0.5) is 5.69 Å². The number of Topliss-reactive ketones (excluding diaryl/α,β-unsaturated/α-hetero) is 1. The summed E-state index contributed by atoms with van der Waals surface area (Å²) in [6.45, 7) is 7.84. The van der Waals surface area contributed by atoms with Crippen LogP contribution >= 0.6 is 0 Å². The zero-order valence-electron chi connectivity index (χ0n) is 17.1. The largest absolute Gasteiger partial charge is 0.358 e. The number of likely N-dealkylation sites (N-methyl/N-ethyl adjacent to an activating group) is 1. The number of hydrogen-bond donors (Lipinski definition) is 2. The molecule has 1 amide bonds. The van der Waals surface area contributed by atoms with Gasteiger partial charge in [0.05, 0.1) is 12.6 Å². The van der Waals surface area contributed by atoms with Crippen molar-refractivity contribution in [2.45, 2.75) is 33.7 Å². The lowest BCUT2D eigenvalue weighted by Gasteiger charge is -2.23. The molecule has 3 aromatic rings. The van der Waals surface area contributed by atoms with E-state index in [1.165, 1.54) is 0 Å². The van der Waals surface area contributed by atoms with Crippen LogP contribution in [0.1, 0.15) is 34.1 Å². The van der Waals surface area contributed by atoms with E-state index >= 15 is 0 Å². The van der Waals surface area contributed by atoms with Crippen molar-refractivity contribution in [1.29, 1.82) is 0 Å². The highest BCUT2D eigenvalue weighted by molar-refractivity contribution is 6.11. The minimum Gasteiger partial charge on any atom is -0.358 e. The molecule has 28 heavy (non-hydrogen) atoms. The van der Waals surface area contributed by atoms with Gasteiger partial charge in [-0.3, -0.25) is 14.5 Å². The Balaban J connectivity index is 1.73. The molecule has 1 heterocycles. The number of H-pyrrole nitrogens is 1. The number of fused-ring (bicyclic) bond motifs is 1. The number of benzene rings is 2. The molecule has 3 rings (SSSR count). The molecule has 146 valence electrons.